The summed E-state index contributed by atoms with van der Waals surface area (Å²) >= 11 is 0. The minimum absolute atomic E-state index is 0.478. The van der Waals surface area contributed by atoms with Gasteiger partial charge in [0.2, 0.25) is 0 Å². The molecule has 0 heterocycles. The summed E-state index contributed by atoms with van der Waals surface area (Å²) in [5.41, 5.74) is 1.26. The minimum Gasteiger partial charge on any atom is -0.493 e. The van der Waals surface area contributed by atoms with E-state index in [0.717, 1.165) is 17.9 Å². The SMILES string of the molecule is CC(C)c1ccccc1OCCCOc1ccccc1. The number of hydrogen-bond donors (Lipinski definition) is 0. The largest absolute Gasteiger partial charge is 0.493 e. The van der Waals surface area contributed by atoms with Gasteiger partial charge in [0, 0.05) is 6.42 Å². The summed E-state index contributed by atoms with van der Waals surface area (Å²) in [6, 6.07) is 18.1. The number of para-hydroxylation sites is 2. The molecule has 0 unspecified atom stereocenters. The lowest BCUT2D eigenvalue weighted by Gasteiger charge is -2.14. The van der Waals surface area contributed by atoms with Crippen molar-refractivity contribution in [3.8, 4) is 11.5 Å². The smallest absolute Gasteiger partial charge is 0.122 e. The van der Waals surface area contributed by atoms with E-state index >= 15 is 0 Å². The van der Waals surface area contributed by atoms with Crippen LogP contribution in [-0.2, 0) is 0 Å². The van der Waals surface area contributed by atoms with E-state index in [4.69, 9.17) is 9.47 Å². The van der Waals surface area contributed by atoms with Gasteiger partial charge in [-0.2, -0.15) is 0 Å². The van der Waals surface area contributed by atoms with Crippen LogP contribution in [-0.4, -0.2) is 13.2 Å². The van der Waals surface area contributed by atoms with Crippen molar-refractivity contribution in [1.29, 1.82) is 0 Å². The quantitative estimate of drug-likeness (QED) is 0.681. The molecule has 0 aromatic heterocycles. The number of rotatable bonds is 7. The Hall–Kier alpha value is -1.96. The predicted molar refractivity (Wildman–Crippen MR) is 82.6 cm³/mol. The highest BCUT2D eigenvalue weighted by Crippen LogP contribution is 2.25. The molecule has 0 aliphatic heterocycles. The lowest BCUT2D eigenvalue weighted by Crippen LogP contribution is -2.06. The van der Waals surface area contributed by atoms with Crippen molar-refractivity contribution in [3.05, 3.63) is 60.2 Å². The topological polar surface area (TPSA) is 18.5 Å². The molecule has 0 aliphatic carbocycles. The number of hydrogen-bond acceptors (Lipinski definition) is 2. The van der Waals surface area contributed by atoms with E-state index in [9.17, 15) is 0 Å². The number of ether oxygens (including phenoxy) is 2. The fraction of sp³-hybridized carbons (Fsp3) is 0.333. The van der Waals surface area contributed by atoms with Crippen LogP contribution in [0.15, 0.2) is 54.6 Å². The molecule has 20 heavy (non-hydrogen) atoms. The zero-order chi connectivity index (χ0) is 14.2. The van der Waals surface area contributed by atoms with Crippen LogP contribution >= 0.6 is 0 Å². The highest BCUT2D eigenvalue weighted by Gasteiger charge is 2.06. The Labute approximate surface area is 121 Å². The minimum atomic E-state index is 0.478. The van der Waals surface area contributed by atoms with Gasteiger partial charge in [-0.05, 0) is 29.7 Å². The van der Waals surface area contributed by atoms with Crippen LogP contribution < -0.4 is 9.47 Å². The van der Waals surface area contributed by atoms with E-state index in [2.05, 4.69) is 26.0 Å². The molecule has 0 saturated heterocycles. The molecule has 0 saturated carbocycles. The third-order valence-electron chi connectivity index (χ3n) is 3.10. The average Bonchev–Trinajstić information content (AvgIpc) is 2.48. The van der Waals surface area contributed by atoms with E-state index in [1.807, 2.05) is 42.5 Å². The molecule has 0 spiro atoms. The Morgan fingerprint density at radius 1 is 0.800 bits per heavy atom. The van der Waals surface area contributed by atoms with Gasteiger partial charge in [0.15, 0.2) is 0 Å². The fourth-order valence-corrected chi connectivity index (χ4v) is 2.04. The fourth-order valence-electron chi connectivity index (χ4n) is 2.04. The van der Waals surface area contributed by atoms with Crippen molar-refractivity contribution in [2.75, 3.05) is 13.2 Å². The van der Waals surface area contributed by atoms with E-state index in [1.54, 1.807) is 0 Å². The molecular weight excluding hydrogens is 248 g/mol. The van der Waals surface area contributed by atoms with E-state index in [1.165, 1.54) is 5.56 Å². The monoisotopic (exact) mass is 270 g/mol. The third-order valence-corrected chi connectivity index (χ3v) is 3.10. The van der Waals surface area contributed by atoms with Crippen LogP contribution in [0.25, 0.3) is 0 Å². The van der Waals surface area contributed by atoms with Crippen LogP contribution in [0, 0.1) is 0 Å². The molecular formula is C18H22O2. The molecule has 2 aromatic rings. The highest BCUT2D eigenvalue weighted by atomic mass is 16.5. The summed E-state index contributed by atoms with van der Waals surface area (Å²) in [7, 11) is 0. The Morgan fingerprint density at radius 3 is 2.20 bits per heavy atom. The van der Waals surface area contributed by atoms with Gasteiger partial charge in [-0.1, -0.05) is 50.2 Å². The van der Waals surface area contributed by atoms with Crippen molar-refractivity contribution >= 4 is 0 Å². The third kappa shape index (κ3) is 4.30. The van der Waals surface area contributed by atoms with E-state index in [0.29, 0.717) is 19.1 Å². The van der Waals surface area contributed by atoms with Crippen LogP contribution in [0.2, 0.25) is 0 Å². The van der Waals surface area contributed by atoms with Crippen molar-refractivity contribution in [1.82, 2.24) is 0 Å². The van der Waals surface area contributed by atoms with Crippen LogP contribution in [0.1, 0.15) is 31.7 Å². The predicted octanol–water partition coefficient (Wildman–Crippen LogP) is 4.66. The lowest BCUT2D eigenvalue weighted by atomic mass is 10.0. The Morgan fingerprint density at radius 2 is 1.45 bits per heavy atom. The summed E-state index contributed by atoms with van der Waals surface area (Å²) in [6.07, 6.45) is 0.876. The van der Waals surface area contributed by atoms with Gasteiger partial charge in [-0.3, -0.25) is 0 Å². The second-order valence-electron chi connectivity index (χ2n) is 5.06. The molecule has 2 heteroatoms. The summed E-state index contributed by atoms with van der Waals surface area (Å²) in [5, 5.41) is 0. The zero-order valence-corrected chi connectivity index (χ0v) is 12.2. The van der Waals surface area contributed by atoms with Gasteiger partial charge in [-0.15, -0.1) is 0 Å². The van der Waals surface area contributed by atoms with Crippen molar-refractivity contribution in [3.63, 3.8) is 0 Å². The molecule has 0 aliphatic rings. The molecule has 106 valence electrons. The highest BCUT2D eigenvalue weighted by molar-refractivity contribution is 5.35. The summed E-state index contributed by atoms with van der Waals surface area (Å²) in [4.78, 5) is 0. The Kier molecular flexibility index (Phi) is 5.48. The normalized spacial score (nSPS) is 10.6. The van der Waals surface area contributed by atoms with Gasteiger partial charge >= 0.3 is 0 Å². The molecule has 0 atom stereocenters. The van der Waals surface area contributed by atoms with Gasteiger partial charge in [0.1, 0.15) is 11.5 Å². The van der Waals surface area contributed by atoms with Crippen LogP contribution in [0.5, 0.6) is 11.5 Å². The maximum atomic E-state index is 5.86. The van der Waals surface area contributed by atoms with Gasteiger partial charge in [-0.25, -0.2) is 0 Å². The molecule has 0 amide bonds. The van der Waals surface area contributed by atoms with Gasteiger partial charge in [0.05, 0.1) is 13.2 Å². The van der Waals surface area contributed by atoms with Crippen molar-refractivity contribution in [2.45, 2.75) is 26.2 Å². The van der Waals surface area contributed by atoms with Gasteiger partial charge in [0.25, 0.3) is 0 Å². The maximum absolute atomic E-state index is 5.86. The second-order valence-corrected chi connectivity index (χ2v) is 5.06. The van der Waals surface area contributed by atoms with E-state index in [-0.39, 0.29) is 0 Å². The van der Waals surface area contributed by atoms with Crippen LogP contribution in [0.3, 0.4) is 0 Å². The molecule has 2 aromatic carbocycles. The molecule has 2 rings (SSSR count). The molecule has 0 fully saturated rings. The van der Waals surface area contributed by atoms with Crippen LogP contribution in [0.4, 0.5) is 0 Å². The molecule has 0 bridgehead atoms. The summed E-state index contributed by atoms with van der Waals surface area (Å²) < 4.78 is 11.5. The zero-order valence-electron chi connectivity index (χ0n) is 12.2. The standard InChI is InChI=1S/C18H22O2/c1-15(2)17-11-6-7-12-18(17)20-14-8-13-19-16-9-4-3-5-10-16/h3-7,9-12,15H,8,13-14H2,1-2H3. The van der Waals surface area contributed by atoms with E-state index < -0.39 is 0 Å². The average molecular weight is 270 g/mol. The second kappa shape index (κ2) is 7.59. The van der Waals surface area contributed by atoms with Gasteiger partial charge < -0.3 is 9.47 Å². The first-order valence-electron chi connectivity index (χ1n) is 7.17. The lowest BCUT2D eigenvalue weighted by molar-refractivity contribution is 0.246. The molecule has 0 N–H and O–H groups in total. The van der Waals surface area contributed by atoms with Crippen molar-refractivity contribution in [2.24, 2.45) is 0 Å². The maximum Gasteiger partial charge on any atom is 0.122 e. The first-order valence-corrected chi connectivity index (χ1v) is 7.17. The number of benzene rings is 2. The molecule has 0 radical (unpaired) electrons. The Balaban J connectivity index is 1.74. The molecule has 2 nitrogen and oxygen atoms in total. The Bertz CT molecular complexity index is 506. The summed E-state index contributed by atoms with van der Waals surface area (Å²) in [5.74, 6) is 2.38. The van der Waals surface area contributed by atoms with Crippen molar-refractivity contribution < 1.29 is 9.47 Å². The summed E-state index contributed by atoms with van der Waals surface area (Å²) in [6.45, 7) is 5.71. The first kappa shape index (κ1) is 14.4. The first-order chi connectivity index (χ1) is 9.77.